The molecule has 0 amide bonds. The molecule has 0 aromatic rings. The van der Waals surface area contributed by atoms with Gasteiger partial charge >= 0.3 is 5.97 Å². The molecule has 2 rings (SSSR count). The average molecular weight is 197 g/mol. The van der Waals surface area contributed by atoms with Crippen molar-refractivity contribution >= 4 is 5.97 Å². The molecule has 1 saturated heterocycles. The highest BCUT2D eigenvalue weighted by Gasteiger charge is 2.36. The van der Waals surface area contributed by atoms with Crippen molar-refractivity contribution in [3.63, 3.8) is 0 Å². The summed E-state index contributed by atoms with van der Waals surface area (Å²) in [6.45, 7) is 2.22. The van der Waals surface area contributed by atoms with Crippen molar-refractivity contribution in [3.8, 4) is 0 Å². The van der Waals surface area contributed by atoms with Crippen molar-refractivity contribution in [1.29, 1.82) is 0 Å². The van der Waals surface area contributed by atoms with Crippen molar-refractivity contribution in [3.05, 3.63) is 0 Å². The summed E-state index contributed by atoms with van der Waals surface area (Å²) in [7, 11) is 0. The first kappa shape index (κ1) is 9.97. The zero-order valence-corrected chi connectivity index (χ0v) is 8.67. The first-order valence-electron chi connectivity index (χ1n) is 5.64. The second kappa shape index (κ2) is 3.89. The molecule has 80 valence electrons. The Hall–Kier alpha value is -0.570. The van der Waals surface area contributed by atoms with Crippen LogP contribution in [0.1, 0.15) is 38.5 Å². The van der Waals surface area contributed by atoms with Crippen molar-refractivity contribution < 1.29 is 9.90 Å². The van der Waals surface area contributed by atoms with Crippen LogP contribution in [-0.4, -0.2) is 35.6 Å². The van der Waals surface area contributed by atoms with Gasteiger partial charge in [-0.25, -0.2) is 0 Å². The van der Waals surface area contributed by atoms with Crippen LogP contribution in [0.25, 0.3) is 0 Å². The number of likely N-dealkylation sites (tertiary alicyclic amines) is 1. The fourth-order valence-corrected chi connectivity index (χ4v) is 3.00. The van der Waals surface area contributed by atoms with Gasteiger partial charge in [0.1, 0.15) is 0 Å². The van der Waals surface area contributed by atoms with Crippen molar-refractivity contribution in [2.75, 3.05) is 19.6 Å². The van der Waals surface area contributed by atoms with E-state index in [4.69, 9.17) is 5.11 Å². The van der Waals surface area contributed by atoms with Gasteiger partial charge in [0.15, 0.2) is 0 Å². The molecule has 1 saturated carbocycles. The highest BCUT2D eigenvalue weighted by molar-refractivity contribution is 5.69. The van der Waals surface area contributed by atoms with Crippen LogP contribution in [0.4, 0.5) is 0 Å². The third kappa shape index (κ3) is 2.08. The summed E-state index contributed by atoms with van der Waals surface area (Å²) in [5.41, 5.74) is 0.606. The van der Waals surface area contributed by atoms with Gasteiger partial charge in [-0.3, -0.25) is 9.69 Å². The summed E-state index contributed by atoms with van der Waals surface area (Å²) >= 11 is 0. The summed E-state index contributed by atoms with van der Waals surface area (Å²) in [4.78, 5) is 12.6. The van der Waals surface area contributed by atoms with Gasteiger partial charge < -0.3 is 5.11 Å². The molecule has 1 aliphatic carbocycles. The van der Waals surface area contributed by atoms with E-state index in [9.17, 15) is 4.79 Å². The lowest BCUT2D eigenvalue weighted by Gasteiger charge is -2.38. The lowest BCUT2D eigenvalue weighted by Crippen LogP contribution is -2.41. The third-order valence-corrected chi connectivity index (χ3v) is 3.94. The molecule has 0 atom stereocenters. The fraction of sp³-hybridized carbons (Fsp3) is 0.909. The van der Waals surface area contributed by atoms with Gasteiger partial charge in [-0.2, -0.15) is 0 Å². The maximum Gasteiger partial charge on any atom is 0.317 e. The lowest BCUT2D eigenvalue weighted by atomic mass is 9.77. The molecule has 2 aliphatic rings. The number of hydrogen-bond donors (Lipinski definition) is 1. The van der Waals surface area contributed by atoms with E-state index in [1.54, 1.807) is 0 Å². The van der Waals surface area contributed by atoms with E-state index in [2.05, 4.69) is 4.90 Å². The predicted molar refractivity (Wildman–Crippen MR) is 54.2 cm³/mol. The second-order valence-corrected chi connectivity index (χ2v) is 4.88. The Morgan fingerprint density at radius 3 is 2.21 bits per heavy atom. The summed E-state index contributed by atoms with van der Waals surface area (Å²) in [5.74, 6) is -0.688. The summed E-state index contributed by atoms with van der Waals surface area (Å²) in [5, 5.41) is 8.68. The van der Waals surface area contributed by atoms with Gasteiger partial charge in [-0.05, 0) is 44.2 Å². The molecule has 0 bridgehead atoms. The Bertz CT molecular complexity index is 211. The second-order valence-electron chi connectivity index (χ2n) is 4.88. The predicted octanol–water partition coefficient (Wildman–Crippen LogP) is 1.73. The van der Waals surface area contributed by atoms with Gasteiger partial charge in [0.2, 0.25) is 0 Å². The van der Waals surface area contributed by atoms with Gasteiger partial charge in [-0.1, -0.05) is 12.8 Å². The van der Waals surface area contributed by atoms with E-state index in [-0.39, 0.29) is 6.54 Å². The fourth-order valence-electron chi connectivity index (χ4n) is 3.00. The molecule has 0 aromatic heterocycles. The van der Waals surface area contributed by atoms with Gasteiger partial charge in [-0.15, -0.1) is 0 Å². The SMILES string of the molecule is O=C(O)CN1CCC2(CCCC2)CC1. The molecule has 1 N–H and O–H groups in total. The van der Waals surface area contributed by atoms with Crippen molar-refractivity contribution in [2.45, 2.75) is 38.5 Å². The topological polar surface area (TPSA) is 40.5 Å². The van der Waals surface area contributed by atoms with Gasteiger partial charge in [0.25, 0.3) is 0 Å². The summed E-state index contributed by atoms with van der Waals surface area (Å²) < 4.78 is 0. The zero-order valence-electron chi connectivity index (χ0n) is 8.67. The molecule has 0 aromatic carbocycles. The standard InChI is InChI=1S/C11H19NO2/c13-10(14)9-12-7-5-11(6-8-12)3-1-2-4-11/h1-9H2,(H,13,14). The number of aliphatic carboxylic acids is 1. The number of carboxylic acid groups (broad SMARTS) is 1. The number of carbonyl (C=O) groups is 1. The molecule has 1 aliphatic heterocycles. The molecule has 3 heteroatoms. The van der Waals surface area contributed by atoms with E-state index in [1.165, 1.54) is 38.5 Å². The van der Waals surface area contributed by atoms with Crippen molar-refractivity contribution in [1.82, 2.24) is 4.90 Å². The first-order chi connectivity index (χ1) is 6.70. The van der Waals surface area contributed by atoms with Crippen LogP contribution in [0, 0.1) is 5.41 Å². The quantitative estimate of drug-likeness (QED) is 0.733. The largest absolute Gasteiger partial charge is 0.480 e. The van der Waals surface area contributed by atoms with Crippen LogP contribution in [-0.2, 0) is 4.79 Å². The Balaban J connectivity index is 1.82. The number of hydrogen-bond acceptors (Lipinski definition) is 2. The summed E-state index contributed by atoms with van der Waals surface area (Å²) in [6, 6.07) is 0. The van der Waals surface area contributed by atoms with E-state index < -0.39 is 5.97 Å². The smallest absolute Gasteiger partial charge is 0.317 e. The Kier molecular flexibility index (Phi) is 2.77. The number of rotatable bonds is 2. The molecule has 0 radical (unpaired) electrons. The molecule has 2 fully saturated rings. The number of nitrogens with zero attached hydrogens (tertiary/aromatic N) is 1. The monoisotopic (exact) mass is 197 g/mol. The minimum absolute atomic E-state index is 0.232. The molecule has 3 nitrogen and oxygen atoms in total. The highest BCUT2D eigenvalue weighted by atomic mass is 16.4. The van der Waals surface area contributed by atoms with Crippen LogP contribution >= 0.6 is 0 Å². The molecule has 14 heavy (non-hydrogen) atoms. The van der Waals surface area contributed by atoms with Crippen molar-refractivity contribution in [2.24, 2.45) is 5.41 Å². The maximum absolute atomic E-state index is 10.5. The van der Waals surface area contributed by atoms with Crippen LogP contribution in [0.2, 0.25) is 0 Å². The molecule has 1 heterocycles. The van der Waals surface area contributed by atoms with E-state index >= 15 is 0 Å². The maximum atomic E-state index is 10.5. The Morgan fingerprint density at radius 2 is 1.71 bits per heavy atom. The van der Waals surface area contributed by atoms with Gasteiger partial charge in [0.05, 0.1) is 6.54 Å². The van der Waals surface area contributed by atoms with Crippen LogP contribution in [0.15, 0.2) is 0 Å². The van der Waals surface area contributed by atoms with E-state index in [0.717, 1.165) is 13.1 Å². The first-order valence-corrected chi connectivity index (χ1v) is 5.64. The minimum Gasteiger partial charge on any atom is -0.480 e. The summed E-state index contributed by atoms with van der Waals surface area (Å²) in [6.07, 6.45) is 7.99. The average Bonchev–Trinajstić information content (AvgIpc) is 2.58. The number of carboxylic acids is 1. The van der Waals surface area contributed by atoms with Crippen LogP contribution < -0.4 is 0 Å². The Labute approximate surface area is 85.1 Å². The third-order valence-electron chi connectivity index (χ3n) is 3.94. The molecular weight excluding hydrogens is 178 g/mol. The Morgan fingerprint density at radius 1 is 1.14 bits per heavy atom. The van der Waals surface area contributed by atoms with Crippen LogP contribution in [0.5, 0.6) is 0 Å². The number of piperidine rings is 1. The normalized spacial score (nSPS) is 26.9. The lowest BCUT2D eigenvalue weighted by molar-refractivity contribution is -0.138. The molecular formula is C11H19NO2. The molecule has 0 unspecified atom stereocenters. The van der Waals surface area contributed by atoms with Crippen LogP contribution in [0.3, 0.4) is 0 Å². The zero-order chi connectivity index (χ0) is 10.0. The van der Waals surface area contributed by atoms with E-state index in [1.807, 2.05) is 0 Å². The molecule has 1 spiro atoms. The van der Waals surface area contributed by atoms with Gasteiger partial charge in [0, 0.05) is 0 Å². The van der Waals surface area contributed by atoms with E-state index in [0.29, 0.717) is 5.41 Å². The minimum atomic E-state index is -0.688. The highest BCUT2D eigenvalue weighted by Crippen LogP contribution is 2.45.